The number of rotatable bonds is 6. The molecule has 0 radical (unpaired) electrons. The summed E-state index contributed by atoms with van der Waals surface area (Å²) in [5, 5.41) is 11.1. The third-order valence-electron chi connectivity index (χ3n) is 6.07. The number of anilines is 1. The average Bonchev–Trinajstić information content (AvgIpc) is 3.08. The van der Waals surface area contributed by atoms with Crippen molar-refractivity contribution in [2.75, 3.05) is 58.4 Å². The van der Waals surface area contributed by atoms with Crippen molar-refractivity contribution in [3.8, 4) is 0 Å². The Hall–Kier alpha value is -3.16. The molecule has 0 aliphatic carbocycles. The topological polar surface area (TPSA) is 73.3 Å². The minimum absolute atomic E-state index is 0.139. The normalized spacial score (nSPS) is 21.2. The molecule has 1 amide bonds. The van der Waals surface area contributed by atoms with Gasteiger partial charge in [-0.2, -0.15) is 0 Å². The van der Waals surface area contributed by atoms with Crippen LogP contribution < -0.4 is 4.90 Å². The van der Waals surface area contributed by atoms with Crippen LogP contribution in [0.3, 0.4) is 0 Å². The first-order valence-corrected chi connectivity index (χ1v) is 10.9. The molecule has 168 valence electrons. The summed E-state index contributed by atoms with van der Waals surface area (Å²) in [4.78, 5) is 32.0. The van der Waals surface area contributed by atoms with Gasteiger partial charge in [-0.1, -0.05) is 42.5 Å². The molecule has 2 aliphatic heterocycles. The van der Waals surface area contributed by atoms with Crippen LogP contribution >= 0.6 is 0 Å². The second kappa shape index (κ2) is 9.54. The first-order valence-electron chi connectivity index (χ1n) is 10.9. The predicted molar refractivity (Wildman–Crippen MR) is 123 cm³/mol. The minimum Gasteiger partial charge on any atom is -0.507 e. The molecule has 0 saturated carbocycles. The van der Waals surface area contributed by atoms with Gasteiger partial charge in [0.05, 0.1) is 24.8 Å². The lowest BCUT2D eigenvalue weighted by molar-refractivity contribution is -0.140. The molecule has 2 aromatic rings. The number of ether oxygens (including phenoxy) is 1. The van der Waals surface area contributed by atoms with Crippen LogP contribution in [0.2, 0.25) is 0 Å². The number of aliphatic hydroxyl groups is 1. The molecule has 0 spiro atoms. The monoisotopic (exact) mass is 435 g/mol. The summed E-state index contributed by atoms with van der Waals surface area (Å²) in [5.41, 5.74) is 2.48. The van der Waals surface area contributed by atoms with Gasteiger partial charge in [0.1, 0.15) is 5.76 Å². The molecular weight excluding hydrogens is 406 g/mol. The summed E-state index contributed by atoms with van der Waals surface area (Å²) < 4.78 is 5.41. The highest BCUT2D eigenvalue weighted by Gasteiger charge is 2.46. The third-order valence-corrected chi connectivity index (χ3v) is 6.07. The number of amides is 1. The maximum Gasteiger partial charge on any atom is 0.295 e. The summed E-state index contributed by atoms with van der Waals surface area (Å²) in [5.74, 6) is -1.35. The van der Waals surface area contributed by atoms with Gasteiger partial charge in [-0.25, -0.2) is 0 Å². The number of aliphatic hydroxyl groups excluding tert-OH is 1. The van der Waals surface area contributed by atoms with Gasteiger partial charge in [0.2, 0.25) is 0 Å². The largest absolute Gasteiger partial charge is 0.507 e. The molecule has 2 fully saturated rings. The number of Topliss-reactive ketones (excluding diaryl/α,β-unsaturated/α-hetero) is 1. The molecule has 2 aromatic carbocycles. The molecule has 2 saturated heterocycles. The molecule has 0 aromatic heterocycles. The quantitative estimate of drug-likeness (QED) is 0.427. The number of nitrogens with zero attached hydrogens (tertiary/aromatic N) is 3. The van der Waals surface area contributed by atoms with E-state index in [-0.39, 0.29) is 11.3 Å². The summed E-state index contributed by atoms with van der Waals surface area (Å²) in [7, 11) is 3.91. The van der Waals surface area contributed by atoms with Gasteiger partial charge in [-0.3, -0.25) is 14.5 Å². The number of hydrogen-bond donors (Lipinski definition) is 1. The maximum absolute atomic E-state index is 13.1. The van der Waals surface area contributed by atoms with Crippen LogP contribution in [0.25, 0.3) is 5.76 Å². The summed E-state index contributed by atoms with van der Waals surface area (Å²) >= 11 is 0. The number of benzene rings is 2. The van der Waals surface area contributed by atoms with Crippen molar-refractivity contribution >= 4 is 23.1 Å². The van der Waals surface area contributed by atoms with Gasteiger partial charge in [-0.05, 0) is 17.7 Å². The van der Waals surface area contributed by atoms with Crippen molar-refractivity contribution < 1.29 is 19.4 Å². The molecule has 7 nitrogen and oxygen atoms in total. The van der Waals surface area contributed by atoms with Gasteiger partial charge in [0.25, 0.3) is 11.7 Å². The van der Waals surface area contributed by atoms with Crippen molar-refractivity contribution in [3.05, 3.63) is 71.3 Å². The zero-order valence-corrected chi connectivity index (χ0v) is 18.5. The molecule has 2 aliphatic rings. The van der Waals surface area contributed by atoms with Crippen molar-refractivity contribution in [2.45, 2.75) is 6.04 Å². The van der Waals surface area contributed by atoms with Crippen LogP contribution in [0, 0.1) is 0 Å². The van der Waals surface area contributed by atoms with E-state index in [2.05, 4.69) is 4.90 Å². The lowest BCUT2D eigenvalue weighted by atomic mass is 9.95. The first kappa shape index (κ1) is 22.0. The second-order valence-corrected chi connectivity index (χ2v) is 8.30. The molecule has 1 atom stereocenters. The highest BCUT2D eigenvalue weighted by molar-refractivity contribution is 6.46. The summed E-state index contributed by atoms with van der Waals surface area (Å²) in [6, 6.07) is 16.0. The Labute approximate surface area is 188 Å². The highest BCUT2D eigenvalue weighted by Crippen LogP contribution is 2.39. The van der Waals surface area contributed by atoms with E-state index in [1.54, 1.807) is 29.2 Å². The molecule has 2 heterocycles. The Morgan fingerprint density at radius 2 is 1.66 bits per heavy atom. The van der Waals surface area contributed by atoms with Crippen LogP contribution in [0.1, 0.15) is 17.2 Å². The first-order chi connectivity index (χ1) is 15.5. The SMILES string of the molecule is CN(C)c1ccc(C2/C(=C(/O)c3ccccc3)C(=O)C(=O)N2CCN2CCOCC2)cc1. The van der Waals surface area contributed by atoms with Gasteiger partial charge < -0.3 is 19.6 Å². The van der Waals surface area contributed by atoms with E-state index in [9.17, 15) is 14.7 Å². The van der Waals surface area contributed by atoms with Gasteiger partial charge in [-0.15, -0.1) is 0 Å². The molecule has 1 N–H and O–H groups in total. The van der Waals surface area contributed by atoms with Gasteiger partial charge >= 0.3 is 0 Å². The van der Waals surface area contributed by atoms with E-state index in [1.807, 2.05) is 49.3 Å². The number of likely N-dealkylation sites (tertiary alicyclic amines) is 1. The second-order valence-electron chi connectivity index (χ2n) is 8.30. The summed E-state index contributed by atoms with van der Waals surface area (Å²) in [6.07, 6.45) is 0. The number of morpholine rings is 1. The van der Waals surface area contributed by atoms with Crippen molar-refractivity contribution in [2.24, 2.45) is 0 Å². The number of ketones is 1. The Kier molecular flexibility index (Phi) is 6.58. The van der Waals surface area contributed by atoms with Crippen LogP contribution in [0.5, 0.6) is 0 Å². The average molecular weight is 436 g/mol. The standard InChI is InChI=1S/C25H29N3O4/c1-26(2)20-10-8-18(9-11-20)22-21(23(29)19-6-4-3-5-7-19)24(30)25(31)28(22)13-12-27-14-16-32-17-15-27/h3-11,22,29H,12-17H2,1-2H3/b23-21-. The van der Waals surface area contributed by atoms with Crippen LogP contribution in [0.15, 0.2) is 60.2 Å². The van der Waals surface area contributed by atoms with E-state index in [0.29, 0.717) is 31.9 Å². The molecule has 4 rings (SSSR count). The smallest absolute Gasteiger partial charge is 0.295 e. The van der Waals surface area contributed by atoms with Crippen LogP contribution in [-0.2, 0) is 14.3 Å². The number of carbonyl (C=O) groups is 2. The maximum atomic E-state index is 13.1. The van der Waals surface area contributed by atoms with Crippen molar-refractivity contribution in [3.63, 3.8) is 0 Å². The fourth-order valence-electron chi connectivity index (χ4n) is 4.24. The van der Waals surface area contributed by atoms with E-state index in [1.165, 1.54) is 0 Å². The highest BCUT2D eigenvalue weighted by atomic mass is 16.5. The number of hydrogen-bond acceptors (Lipinski definition) is 6. The Morgan fingerprint density at radius 3 is 2.28 bits per heavy atom. The zero-order valence-electron chi connectivity index (χ0n) is 18.5. The van der Waals surface area contributed by atoms with Crippen LogP contribution in [-0.4, -0.2) is 80.1 Å². The molecular formula is C25H29N3O4. The van der Waals surface area contributed by atoms with Crippen molar-refractivity contribution in [1.82, 2.24) is 9.80 Å². The number of carbonyl (C=O) groups excluding carboxylic acids is 2. The van der Waals surface area contributed by atoms with E-state index < -0.39 is 17.7 Å². The zero-order chi connectivity index (χ0) is 22.7. The molecule has 32 heavy (non-hydrogen) atoms. The fourth-order valence-corrected chi connectivity index (χ4v) is 4.24. The van der Waals surface area contributed by atoms with Gasteiger partial charge in [0, 0.05) is 51.5 Å². The summed E-state index contributed by atoms with van der Waals surface area (Å²) in [6.45, 7) is 3.99. The van der Waals surface area contributed by atoms with E-state index in [4.69, 9.17) is 4.74 Å². The van der Waals surface area contributed by atoms with Crippen LogP contribution in [0.4, 0.5) is 5.69 Å². The fraction of sp³-hybridized carbons (Fsp3) is 0.360. The lowest BCUT2D eigenvalue weighted by Gasteiger charge is -2.31. The minimum atomic E-state index is -0.644. The Bertz CT molecular complexity index is 996. The molecule has 0 bridgehead atoms. The van der Waals surface area contributed by atoms with Gasteiger partial charge in [0.15, 0.2) is 0 Å². The Morgan fingerprint density at radius 1 is 1.00 bits per heavy atom. The predicted octanol–water partition coefficient (Wildman–Crippen LogP) is 2.51. The lowest BCUT2D eigenvalue weighted by Crippen LogP contribution is -2.42. The third kappa shape index (κ3) is 4.40. The van der Waals surface area contributed by atoms with Crippen molar-refractivity contribution in [1.29, 1.82) is 0 Å². The van der Waals surface area contributed by atoms with E-state index in [0.717, 1.165) is 24.3 Å². The van der Waals surface area contributed by atoms with E-state index >= 15 is 0 Å². The molecule has 7 heteroatoms. The molecule has 1 unspecified atom stereocenters. The Balaban J connectivity index is 1.72.